The lowest BCUT2D eigenvalue weighted by atomic mass is 11.1. The number of hydrogen-bond acceptors (Lipinski definition) is 1. The summed E-state index contributed by atoms with van der Waals surface area (Å²) in [5, 5.41) is 0. The summed E-state index contributed by atoms with van der Waals surface area (Å²) >= 11 is 15.2. The minimum atomic E-state index is -1.65. The molecule has 0 unspecified atom stereocenters. The van der Waals surface area contributed by atoms with Crippen molar-refractivity contribution in [2.45, 2.75) is 3.98 Å². The zero-order valence-corrected chi connectivity index (χ0v) is 5.59. The largest absolute Gasteiger partial charge is 0.454 e. The van der Waals surface area contributed by atoms with Gasteiger partial charge < -0.3 is 4.74 Å². The summed E-state index contributed by atoms with van der Waals surface area (Å²) in [6, 6.07) is 0. The third kappa shape index (κ3) is 6.41. The molecule has 0 bridgehead atoms. The minimum Gasteiger partial charge on any atom is -0.454 e. The Labute approximate surface area is 56.8 Å². The fourth-order valence-corrected chi connectivity index (χ4v) is 0.283. The van der Waals surface area contributed by atoms with Gasteiger partial charge in [0.25, 0.3) is 0 Å². The van der Waals surface area contributed by atoms with E-state index in [0.717, 1.165) is 6.26 Å². The lowest BCUT2D eigenvalue weighted by Crippen LogP contribution is -2.01. The molecule has 0 N–H and O–H groups in total. The van der Waals surface area contributed by atoms with Gasteiger partial charge in [0, 0.05) is 0 Å². The van der Waals surface area contributed by atoms with Crippen molar-refractivity contribution in [2.75, 3.05) is 0 Å². The second kappa shape index (κ2) is 2.65. The first-order valence-corrected chi connectivity index (χ1v) is 2.55. The maximum absolute atomic E-state index is 5.07. The zero-order chi connectivity index (χ0) is 5.91. The molecule has 0 aliphatic heterocycles. The fraction of sp³-hybridized carbons (Fsp3) is 0.333. The van der Waals surface area contributed by atoms with Gasteiger partial charge in [-0.15, -0.1) is 0 Å². The lowest BCUT2D eigenvalue weighted by Gasteiger charge is -2.06. The minimum absolute atomic E-state index is 1.06. The van der Waals surface area contributed by atoms with Crippen molar-refractivity contribution in [1.29, 1.82) is 0 Å². The molecule has 0 rings (SSSR count). The average Bonchev–Trinajstić information content (AvgIpc) is 1.30. The molecular formula is C3H3Cl3O. The van der Waals surface area contributed by atoms with Crippen molar-refractivity contribution < 1.29 is 4.74 Å². The highest BCUT2D eigenvalue weighted by Gasteiger charge is 2.17. The van der Waals surface area contributed by atoms with Crippen LogP contribution in [0.1, 0.15) is 0 Å². The topological polar surface area (TPSA) is 9.23 Å². The van der Waals surface area contributed by atoms with Gasteiger partial charge in [-0.25, -0.2) is 0 Å². The molecule has 0 fully saturated rings. The number of alkyl halides is 3. The SMILES string of the molecule is C=COC(Cl)(Cl)Cl. The number of ether oxygens (including phenoxy) is 1. The molecule has 0 aliphatic rings. The van der Waals surface area contributed by atoms with E-state index in [9.17, 15) is 0 Å². The maximum Gasteiger partial charge on any atom is 0.338 e. The Bertz CT molecular complexity index is 65.1. The average molecular weight is 161 g/mol. The summed E-state index contributed by atoms with van der Waals surface area (Å²) in [5.74, 6) is 0. The van der Waals surface area contributed by atoms with Crippen LogP contribution < -0.4 is 0 Å². The van der Waals surface area contributed by atoms with E-state index in [2.05, 4.69) is 11.3 Å². The third-order valence-electron chi connectivity index (χ3n) is 0.217. The zero-order valence-electron chi connectivity index (χ0n) is 3.33. The van der Waals surface area contributed by atoms with E-state index >= 15 is 0 Å². The molecule has 0 radical (unpaired) electrons. The molecule has 4 heteroatoms. The molecule has 0 amide bonds. The molecule has 0 heterocycles. The second-order valence-corrected chi connectivity index (χ2v) is 2.91. The van der Waals surface area contributed by atoms with Crippen molar-refractivity contribution in [2.24, 2.45) is 0 Å². The molecule has 42 valence electrons. The van der Waals surface area contributed by atoms with E-state index in [4.69, 9.17) is 34.8 Å². The van der Waals surface area contributed by atoms with Gasteiger partial charge in [-0.2, -0.15) is 0 Å². The van der Waals surface area contributed by atoms with Gasteiger partial charge in [-0.3, -0.25) is 0 Å². The molecule has 0 aromatic rings. The fourth-order valence-electron chi connectivity index (χ4n) is 0.0945. The Balaban J connectivity index is 3.34. The highest BCUT2D eigenvalue weighted by Crippen LogP contribution is 2.26. The van der Waals surface area contributed by atoms with Crippen molar-refractivity contribution in [3.8, 4) is 0 Å². The smallest absolute Gasteiger partial charge is 0.338 e. The first-order chi connectivity index (χ1) is 3.06. The summed E-state index contributed by atoms with van der Waals surface area (Å²) in [5.41, 5.74) is 0. The molecule has 0 saturated carbocycles. The molecule has 1 nitrogen and oxygen atoms in total. The van der Waals surface area contributed by atoms with Crippen molar-refractivity contribution in [1.82, 2.24) is 0 Å². The predicted octanol–water partition coefficient (Wildman–Crippen LogP) is 2.47. The van der Waals surface area contributed by atoms with Crippen LogP contribution in [-0.2, 0) is 4.74 Å². The standard InChI is InChI=1S/C3H3Cl3O/c1-2-7-3(4,5)6/h2H,1H2. The van der Waals surface area contributed by atoms with E-state index in [0.29, 0.717) is 0 Å². The molecule has 0 saturated heterocycles. The van der Waals surface area contributed by atoms with Gasteiger partial charge in [0.2, 0.25) is 0 Å². The van der Waals surface area contributed by atoms with Gasteiger partial charge in [0.15, 0.2) is 0 Å². The van der Waals surface area contributed by atoms with Crippen LogP contribution in [0.4, 0.5) is 0 Å². The third-order valence-corrected chi connectivity index (χ3v) is 0.484. The Morgan fingerprint density at radius 3 is 1.86 bits per heavy atom. The monoisotopic (exact) mass is 160 g/mol. The van der Waals surface area contributed by atoms with Crippen molar-refractivity contribution in [3.05, 3.63) is 12.8 Å². The van der Waals surface area contributed by atoms with Gasteiger partial charge in [0.05, 0.1) is 6.26 Å². The molecule has 0 spiro atoms. The molecule has 0 aromatic carbocycles. The van der Waals surface area contributed by atoms with Crippen LogP contribution >= 0.6 is 34.8 Å². The highest BCUT2D eigenvalue weighted by atomic mass is 35.6. The van der Waals surface area contributed by atoms with Crippen LogP contribution in [0.5, 0.6) is 0 Å². The summed E-state index contributed by atoms with van der Waals surface area (Å²) in [4.78, 5) is 0. The summed E-state index contributed by atoms with van der Waals surface area (Å²) < 4.78 is 2.64. The second-order valence-electron chi connectivity index (χ2n) is 0.730. The summed E-state index contributed by atoms with van der Waals surface area (Å²) in [6.07, 6.45) is 1.06. The molecule has 7 heavy (non-hydrogen) atoms. The first-order valence-electron chi connectivity index (χ1n) is 1.42. The maximum atomic E-state index is 5.07. The van der Waals surface area contributed by atoms with Crippen LogP contribution in [0.15, 0.2) is 12.8 Å². The molecular weight excluding hydrogens is 158 g/mol. The Morgan fingerprint density at radius 2 is 1.86 bits per heavy atom. The number of halogens is 3. The van der Waals surface area contributed by atoms with E-state index in [1.54, 1.807) is 0 Å². The van der Waals surface area contributed by atoms with Crippen molar-refractivity contribution in [3.63, 3.8) is 0 Å². The van der Waals surface area contributed by atoms with Crippen LogP contribution in [0.3, 0.4) is 0 Å². The van der Waals surface area contributed by atoms with Crippen LogP contribution in [0, 0.1) is 0 Å². The van der Waals surface area contributed by atoms with Gasteiger partial charge in [-0.1, -0.05) is 6.58 Å². The van der Waals surface area contributed by atoms with E-state index in [1.807, 2.05) is 0 Å². The normalized spacial score (nSPS) is 10.7. The summed E-state index contributed by atoms with van der Waals surface area (Å²) in [6.45, 7) is 3.17. The van der Waals surface area contributed by atoms with E-state index < -0.39 is 3.98 Å². The Morgan fingerprint density at radius 1 is 1.43 bits per heavy atom. The van der Waals surface area contributed by atoms with Gasteiger partial charge >= 0.3 is 3.98 Å². The van der Waals surface area contributed by atoms with Crippen LogP contribution in [-0.4, -0.2) is 3.98 Å². The number of rotatable bonds is 1. The van der Waals surface area contributed by atoms with Gasteiger partial charge in [-0.05, 0) is 34.8 Å². The first kappa shape index (κ1) is 7.41. The van der Waals surface area contributed by atoms with Gasteiger partial charge in [0.1, 0.15) is 0 Å². The Hall–Kier alpha value is 0.410. The van der Waals surface area contributed by atoms with Crippen LogP contribution in [0.2, 0.25) is 0 Å². The molecule has 0 aliphatic carbocycles. The lowest BCUT2D eigenvalue weighted by molar-refractivity contribution is 0.250. The predicted molar refractivity (Wildman–Crippen MR) is 31.6 cm³/mol. The molecule has 0 atom stereocenters. The number of hydrogen-bond donors (Lipinski definition) is 0. The van der Waals surface area contributed by atoms with E-state index in [1.165, 1.54) is 0 Å². The van der Waals surface area contributed by atoms with E-state index in [-0.39, 0.29) is 0 Å². The Kier molecular flexibility index (Phi) is 2.81. The highest BCUT2D eigenvalue weighted by molar-refractivity contribution is 6.66. The quantitative estimate of drug-likeness (QED) is 0.424. The van der Waals surface area contributed by atoms with Crippen molar-refractivity contribution >= 4 is 34.8 Å². The van der Waals surface area contributed by atoms with Crippen LogP contribution in [0.25, 0.3) is 0 Å². The summed E-state index contributed by atoms with van der Waals surface area (Å²) in [7, 11) is 0. The molecule has 0 aromatic heterocycles.